The van der Waals surface area contributed by atoms with E-state index in [1.54, 1.807) is 0 Å². The Balaban J connectivity index is 2.05. The van der Waals surface area contributed by atoms with Crippen molar-refractivity contribution in [3.8, 4) is 0 Å². The molecule has 0 amide bonds. The number of thiophene rings is 1. The van der Waals surface area contributed by atoms with Crippen LogP contribution in [0.4, 0.5) is 0 Å². The Hall–Kier alpha value is -0.870. The molecular weight excluding hydrogens is 258 g/mol. The number of hydrogen-bond donors (Lipinski definition) is 1. The number of rotatable bonds is 10. The first kappa shape index (κ1) is 16.2. The Labute approximate surface area is 120 Å². The van der Waals surface area contributed by atoms with Gasteiger partial charge in [-0.3, -0.25) is 4.79 Å². The fourth-order valence-corrected chi connectivity index (χ4v) is 2.90. The van der Waals surface area contributed by atoms with Crippen LogP contribution in [0.5, 0.6) is 0 Å². The van der Waals surface area contributed by atoms with E-state index in [-0.39, 0.29) is 5.97 Å². The highest BCUT2D eigenvalue weighted by Gasteiger charge is 2.08. The number of ether oxygens (including phenoxy) is 1. The lowest BCUT2D eigenvalue weighted by Crippen LogP contribution is -2.21. The summed E-state index contributed by atoms with van der Waals surface area (Å²) in [6, 6.07) is 4.76. The first-order chi connectivity index (χ1) is 9.27. The largest absolute Gasteiger partial charge is 0.466 e. The number of esters is 1. The van der Waals surface area contributed by atoms with Gasteiger partial charge in [0, 0.05) is 17.3 Å². The Morgan fingerprint density at radius 3 is 2.84 bits per heavy atom. The average Bonchev–Trinajstić information content (AvgIpc) is 2.92. The van der Waals surface area contributed by atoms with Crippen LogP contribution in [0.1, 0.15) is 56.9 Å². The van der Waals surface area contributed by atoms with E-state index in [9.17, 15) is 4.79 Å². The molecule has 0 aliphatic rings. The molecule has 1 heterocycles. The molecule has 0 radical (unpaired) electrons. The molecule has 108 valence electrons. The summed E-state index contributed by atoms with van der Waals surface area (Å²) in [5.74, 6) is -0.0690. The molecule has 1 rings (SSSR count). The lowest BCUT2D eigenvalue weighted by Gasteiger charge is -2.15. The van der Waals surface area contributed by atoms with E-state index in [4.69, 9.17) is 4.74 Å². The Kier molecular flexibility index (Phi) is 8.50. The molecule has 19 heavy (non-hydrogen) atoms. The Morgan fingerprint density at radius 1 is 1.37 bits per heavy atom. The Morgan fingerprint density at radius 2 is 2.21 bits per heavy atom. The van der Waals surface area contributed by atoms with Gasteiger partial charge in [-0.1, -0.05) is 19.4 Å². The van der Waals surface area contributed by atoms with Crippen molar-refractivity contribution in [2.24, 2.45) is 0 Å². The molecule has 0 aliphatic carbocycles. The van der Waals surface area contributed by atoms with E-state index >= 15 is 0 Å². The standard InChI is InChI=1S/C15H25NO2S/c1-3-13(14-9-8-12-19-14)16-11-7-5-6-10-15(17)18-4-2/h8-9,12-13,16H,3-7,10-11H2,1-2H3. The zero-order chi connectivity index (χ0) is 13.9. The second-order valence-electron chi connectivity index (χ2n) is 4.55. The van der Waals surface area contributed by atoms with Crippen LogP contribution in [0.25, 0.3) is 0 Å². The van der Waals surface area contributed by atoms with Crippen LogP contribution in [-0.4, -0.2) is 19.1 Å². The predicted octanol–water partition coefficient (Wildman–Crippen LogP) is 3.91. The van der Waals surface area contributed by atoms with Crippen molar-refractivity contribution in [2.45, 2.75) is 52.0 Å². The number of unbranched alkanes of at least 4 members (excludes halogenated alkanes) is 2. The molecule has 3 nitrogen and oxygen atoms in total. The van der Waals surface area contributed by atoms with E-state index < -0.39 is 0 Å². The smallest absolute Gasteiger partial charge is 0.305 e. The van der Waals surface area contributed by atoms with E-state index in [0.717, 1.165) is 32.2 Å². The molecular formula is C15H25NO2S. The van der Waals surface area contributed by atoms with Gasteiger partial charge in [0.1, 0.15) is 0 Å². The highest BCUT2D eigenvalue weighted by atomic mass is 32.1. The third-order valence-electron chi connectivity index (χ3n) is 3.05. The van der Waals surface area contributed by atoms with Crippen LogP contribution in [0.3, 0.4) is 0 Å². The summed E-state index contributed by atoms with van der Waals surface area (Å²) >= 11 is 1.81. The maximum Gasteiger partial charge on any atom is 0.305 e. The van der Waals surface area contributed by atoms with Crippen LogP contribution >= 0.6 is 11.3 Å². The van der Waals surface area contributed by atoms with E-state index in [0.29, 0.717) is 19.1 Å². The van der Waals surface area contributed by atoms with Crippen LogP contribution in [0.15, 0.2) is 17.5 Å². The monoisotopic (exact) mass is 283 g/mol. The molecule has 1 unspecified atom stereocenters. The molecule has 0 saturated carbocycles. The SMILES string of the molecule is CCOC(=O)CCCCCNC(CC)c1cccs1. The Bertz CT molecular complexity index is 338. The summed E-state index contributed by atoms with van der Waals surface area (Å²) in [6.45, 7) is 5.55. The molecule has 1 atom stereocenters. The van der Waals surface area contributed by atoms with Crippen molar-refractivity contribution in [3.05, 3.63) is 22.4 Å². The molecule has 0 spiro atoms. The van der Waals surface area contributed by atoms with Gasteiger partial charge in [0.2, 0.25) is 0 Å². The van der Waals surface area contributed by atoms with Gasteiger partial charge in [-0.25, -0.2) is 0 Å². The molecule has 0 aromatic carbocycles. The van der Waals surface area contributed by atoms with E-state index in [1.807, 2.05) is 18.3 Å². The third-order valence-corrected chi connectivity index (χ3v) is 4.03. The molecule has 0 fully saturated rings. The lowest BCUT2D eigenvalue weighted by atomic mass is 10.1. The van der Waals surface area contributed by atoms with Crippen LogP contribution < -0.4 is 5.32 Å². The topological polar surface area (TPSA) is 38.3 Å². The average molecular weight is 283 g/mol. The van der Waals surface area contributed by atoms with Gasteiger partial charge in [0.05, 0.1) is 6.61 Å². The maximum atomic E-state index is 11.1. The van der Waals surface area contributed by atoms with Gasteiger partial charge in [-0.2, -0.15) is 0 Å². The minimum absolute atomic E-state index is 0.0690. The normalized spacial score (nSPS) is 12.3. The molecule has 1 N–H and O–H groups in total. The van der Waals surface area contributed by atoms with Crippen molar-refractivity contribution >= 4 is 17.3 Å². The van der Waals surface area contributed by atoms with Crippen molar-refractivity contribution in [3.63, 3.8) is 0 Å². The summed E-state index contributed by atoms with van der Waals surface area (Å²) < 4.78 is 4.90. The third kappa shape index (κ3) is 6.73. The minimum atomic E-state index is -0.0690. The summed E-state index contributed by atoms with van der Waals surface area (Å²) in [6.07, 6.45) is 4.78. The lowest BCUT2D eigenvalue weighted by molar-refractivity contribution is -0.143. The van der Waals surface area contributed by atoms with Gasteiger partial charge in [0.15, 0.2) is 0 Å². The van der Waals surface area contributed by atoms with Crippen molar-refractivity contribution in [2.75, 3.05) is 13.2 Å². The summed E-state index contributed by atoms with van der Waals surface area (Å²) in [5.41, 5.74) is 0. The zero-order valence-corrected chi connectivity index (χ0v) is 12.8. The fourth-order valence-electron chi connectivity index (χ4n) is 2.02. The molecule has 0 aliphatic heterocycles. The summed E-state index contributed by atoms with van der Waals surface area (Å²) in [7, 11) is 0. The van der Waals surface area contributed by atoms with E-state index in [2.05, 4.69) is 29.8 Å². The quantitative estimate of drug-likeness (QED) is 0.522. The first-order valence-electron chi connectivity index (χ1n) is 7.20. The number of hydrogen-bond acceptors (Lipinski definition) is 4. The van der Waals surface area contributed by atoms with Crippen LogP contribution in [0.2, 0.25) is 0 Å². The highest BCUT2D eigenvalue weighted by Crippen LogP contribution is 2.21. The van der Waals surface area contributed by atoms with Crippen LogP contribution in [0, 0.1) is 0 Å². The number of nitrogens with one attached hydrogen (secondary N) is 1. The number of carbonyl (C=O) groups is 1. The highest BCUT2D eigenvalue weighted by molar-refractivity contribution is 7.10. The van der Waals surface area contributed by atoms with Gasteiger partial charge in [-0.15, -0.1) is 11.3 Å². The van der Waals surface area contributed by atoms with Crippen molar-refractivity contribution in [1.82, 2.24) is 5.32 Å². The predicted molar refractivity (Wildman–Crippen MR) is 80.5 cm³/mol. The molecule has 1 aromatic rings. The molecule has 0 bridgehead atoms. The molecule has 4 heteroatoms. The van der Waals surface area contributed by atoms with Crippen LogP contribution in [-0.2, 0) is 9.53 Å². The second-order valence-corrected chi connectivity index (χ2v) is 5.53. The van der Waals surface area contributed by atoms with E-state index in [1.165, 1.54) is 4.88 Å². The zero-order valence-electron chi connectivity index (χ0n) is 12.0. The second kappa shape index (κ2) is 9.98. The first-order valence-corrected chi connectivity index (χ1v) is 8.08. The van der Waals surface area contributed by atoms with Crippen molar-refractivity contribution in [1.29, 1.82) is 0 Å². The molecule has 0 saturated heterocycles. The maximum absolute atomic E-state index is 11.1. The molecule has 1 aromatic heterocycles. The fraction of sp³-hybridized carbons (Fsp3) is 0.667. The van der Waals surface area contributed by atoms with Gasteiger partial charge in [-0.05, 0) is 44.2 Å². The van der Waals surface area contributed by atoms with Gasteiger partial charge < -0.3 is 10.1 Å². The summed E-state index contributed by atoms with van der Waals surface area (Å²) in [5, 5.41) is 5.70. The van der Waals surface area contributed by atoms with Crippen molar-refractivity contribution < 1.29 is 9.53 Å². The minimum Gasteiger partial charge on any atom is -0.466 e. The number of carbonyl (C=O) groups excluding carboxylic acids is 1. The summed E-state index contributed by atoms with van der Waals surface area (Å²) in [4.78, 5) is 12.6. The van der Waals surface area contributed by atoms with Gasteiger partial charge >= 0.3 is 5.97 Å². The van der Waals surface area contributed by atoms with Gasteiger partial charge in [0.25, 0.3) is 0 Å².